The predicted octanol–water partition coefficient (Wildman–Crippen LogP) is 4.82. The van der Waals surface area contributed by atoms with Crippen molar-refractivity contribution in [1.29, 1.82) is 0 Å². The van der Waals surface area contributed by atoms with Crippen LogP contribution in [0.15, 0.2) is 71.9 Å². The van der Waals surface area contributed by atoms with Gasteiger partial charge in [0.2, 0.25) is 5.91 Å². The van der Waals surface area contributed by atoms with Gasteiger partial charge in [0.15, 0.2) is 0 Å². The lowest BCUT2D eigenvalue weighted by molar-refractivity contribution is -0.130. The minimum Gasteiger partial charge on any atom is -0.341 e. The van der Waals surface area contributed by atoms with Crippen molar-refractivity contribution in [3.05, 3.63) is 83.9 Å². The number of alkyl halides is 3. The van der Waals surface area contributed by atoms with Crippen LogP contribution in [0.4, 0.5) is 13.2 Å². The van der Waals surface area contributed by atoms with Crippen molar-refractivity contribution in [3.8, 4) is 0 Å². The molecule has 1 aliphatic rings. The van der Waals surface area contributed by atoms with Crippen LogP contribution in [0.3, 0.4) is 0 Å². The summed E-state index contributed by atoms with van der Waals surface area (Å²) in [6.07, 6.45) is 4.75. The Morgan fingerprint density at radius 3 is 2.53 bits per heavy atom. The van der Waals surface area contributed by atoms with Gasteiger partial charge < -0.3 is 9.47 Å². The zero-order chi connectivity index (χ0) is 24.0. The van der Waals surface area contributed by atoms with Crippen LogP contribution in [0.5, 0.6) is 0 Å². The van der Waals surface area contributed by atoms with Crippen LogP contribution in [0.25, 0.3) is 0 Å². The van der Waals surface area contributed by atoms with Crippen molar-refractivity contribution in [2.75, 3.05) is 26.2 Å². The Balaban J connectivity index is 1.31. The number of thioether (sulfide) groups is 1. The van der Waals surface area contributed by atoms with Gasteiger partial charge in [0.05, 0.1) is 13.0 Å². The first-order chi connectivity index (χ1) is 16.4. The molecule has 34 heavy (non-hydrogen) atoms. The molecule has 0 unspecified atom stereocenters. The molecule has 2 heterocycles. The zero-order valence-corrected chi connectivity index (χ0v) is 19.6. The number of hydrogen-bond acceptors (Lipinski definition) is 4. The molecule has 0 bridgehead atoms. The topological polar surface area (TPSA) is 41.4 Å². The number of nitrogens with zero attached hydrogens (tertiary/aromatic N) is 4. The number of imidazole rings is 1. The highest BCUT2D eigenvalue weighted by molar-refractivity contribution is 8.00. The van der Waals surface area contributed by atoms with E-state index < -0.39 is 5.51 Å². The van der Waals surface area contributed by atoms with Gasteiger partial charge in [-0.3, -0.25) is 9.69 Å². The van der Waals surface area contributed by atoms with E-state index in [1.165, 1.54) is 17.7 Å². The van der Waals surface area contributed by atoms with Gasteiger partial charge in [-0.25, -0.2) is 4.98 Å². The van der Waals surface area contributed by atoms with Gasteiger partial charge in [-0.2, -0.15) is 13.2 Å². The van der Waals surface area contributed by atoms with Crippen LogP contribution in [-0.4, -0.2) is 56.9 Å². The van der Waals surface area contributed by atoms with E-state index in [2.05, 4.69) is 26.6 Å². The number of amides is 1. The van der Waals surface area contributed by atoms with Gasteiger partial charge >= 0.3 is 5.51 Å². The number of carbonyl (C=O) groups excluding carboxylic acids is 1. The molecule has 1 saturated heterocycles. The highest BCUT2D eigenvalue weighted by atomic mass is 32.2. The summed E-state index contributed by atoms with van der Waals surface area (Å²) in [6, 6.07) is 16.4. The molecule has 1 aromatic heterocycles. The lowest BCUT2D eigenvalue weighted by Gasteiger charge is -2.22. The smallest absolute Gasteiger partial charge is 0.341 e. The van der Waals surface area contributed by atoms with Gasteiger partial charge in [0.25, 0.3) is 0 Å². The second-order valence-electron chi connectivity index (χ2n) is 8.34. The average Bonchev–Trinajstić information content (AvgIpc) is 3.07. The summed E-state index contributed by atoms with van der Waals surface area (Å²) in [4.78, 5) is 21.6. The summed E-state index contributed by atoms with van der Waals surface area (Å²) in [7, 11) is 0. The molecule has 1 aliphatic heterocycles. The van der Waals surface area contributed by atoms with E-state index in [-0.39, 0.29) is 29.0 Å². The first-order valence-corrected chi connectivity index (χ1v) is 12.1. The summed E-state index contributed by atoms with van der Waals surface area (Å²) in [5.74, 6) is 0.934. The molecule has 1 amide bonds. The van der Waals surface area contributed by atoms with Gasteiger partial charge in [-0.1, -0.05) is 42.5 Å². The Kier molecular flexibility index (Phi) is 7.95. The summed E-state index contributed by atoms with van der Waals surface area (Å²) in [6.45, 7) is 4.30. The van der Waals surface area contributed by atoms with Crippen molar-refractivity contribution in [1.82, 2.24) is 19.4 Å². The highest BCUT2D eigenvalue weighted by Crippen LogP contribution is 2.37. The van der Waals surface area contributed by atoms with E-state index in [1.54, 1.807) is 12.1 Å². The van der Waals surface area contributed by atoms with Crippen LogP contribution in [-0.2, 0) is 24.3 Å². The fourth-order valence-corrected chi connectivity index (χ4v) is 4.76. The molecule has 1 fully saturated rings. The number of halogens is 3. The molecule has 0 saturated carbocycles. The number of hydrogen-bond donors (Lipinski definition) is 0. The van der Waals surface area contributed by atoms with E-state index in [0.29, 0.717) is 25.2 Å². The maximum Gasteiger partial charge on any atom is 0.446 e. The van der Waals surface area contributed by atoms with Crippen molar-refractivity contribution < 1.29 is 18.0 Å². The van der Waals surface area contributed by atoms with Gasteiger partial charge in [0.1, 0.15) is 5.82 Å². The number of benzene rings is 2. The molecule has 0 spiro atoms. The molecular weight excluding hydrogens is 461 g/mol. The summed E-state index contributed by atoms with van der Waals surface area (Å²) >= 11 is -0.155. The zero-order valence-electron chi connectivity index (χ0n) is 18.7. The van der Waals surface area contributed by atoms with Gasteiger partial charge in [0, 0.05) is 50.0 Å². The lowest BCUT2D eigenvalue weighted by Crippen LogP contribution is -2.36. The predicted molar refractivity (Wildman–Crippen MR) is 126 cm³/mol. The molecule has 2 aromatic carbocycles. The van der Waals surface area contributed by atoms with E-state index >= 15 is 0 Å². The second-order valence-corrected chi connectivity index (χ2v) is 9.48. The van der Waals surface area contributed by atoms with Crippen LogP contribution in [0.1, 0.15) is 23.4 Å². The van der Waals surface area contributed by atoms with Crippen molar-refractivity contribution >= 4 is 17.7 Å². The SMILES string of the molecule is O=C(Cc1cccc(SC(F)(F)F)c1)N1CCCN(Cc2nccn2Cc2ccccc2)CC1. The summed E-state index contributed by atoms with van der Waals surface area (Å²) < 4.78 is 40.1. The molecule has 5 nitrogen and oxygen atoms in total. The maximum absolute atomic E-state index is 12.9. The molecule has 180 valence electrons. The van der Waals surface area contributed by atoms with E-state index in [1.807, 2.05) is 35.5 Å². The Morgan fingerprint density at radius 1 is 0.941 bits per heavy atom. The normalized spacial score (nSPS) is 15.3. The highest BCUT2D eigenvalue weighted by Gasteiger charge is 2.29. The molecular formula is C25H27F3N4OS. The third kappa shape index (κ3) is 7.11. The molecule has 0 radical (unpaired) electrons. The van der Waals surface area contributed by atoms with Gasteiger partial charge in [-0.05, 0) is 41.4 Å². The summed E-state index contributed by atoms with van der Waals surface area (Å²) in [5, 5.41) is 0. The quantitative estimate of drug-likeness (QED) is 0.447. The monoisotopic (exact) mass is 488 g/mol. The molecule has 4 rings (SSSR count). The first kappa shape index (κ1) is 24.3. The van der Waals surface area contributed by atoms with E-state index in [9.17, 15) is 18.0 Å². The third-order valence-corrected chi connectivity index (χ3v) is 6.51. The van der Waals surface area contributed by atoms with Crippen LogP contribution >= 0.6 is 11.8 Å². The fourth-order valence-electron chi connectivity index (χ4n) is 4.13. The first-order valence-electron chi connectivity index (χ1n) is 11.2. The lowest BCUT2D eigenvalue weighted by atomic mass is 10.1. The minimum absolute atomic E-state index is 0.0541. The Hall–Kier alpha value is -2.78. The molecule has 0 aliphatic carbocycles. The number of aromatic nitrogens is 2. The standard InChI is InChI=1S/C25H27F3N4OS/c26-25(27,28)34-22-9-4-8-21(16-22)17-24(33)31-12-5-11-30(14-15-31)19-23-29-10-13-32(23)18-20-6-2-1-3-7-20/h1-4,6-10,13,16H,5,11-12,14-15,17-19H2. The number of carbonyl (C=O) groups is 1. The fraction of sp³-hybridized carbons (Fsp3) is 0.360. The van der Waals surface area contributed by atoms with E-state index in [4.69, 9.17) is 0 Å². The van der Waals surface area contributed by atoms with Crippen LogP contribution < -0.4 is 0 Å². The summed E-state index contributed by atoms with van der Waals surface area (Å²) in [5.41, 5.74) is -2.53. The number of rotatable bonds is 7. The Bertz CT molecular complexity index is 1090. The Labute approximate surface area is 201 Å². The maximum atomic E-state index is 12.9. The van der Waals surface area contributed by atoms with Crippen LogP contribution in [0.2, 0.25) is 0 Å². The minimum atomic E-state index is -4.34. The second kappa shape index (κ2) is 11.1. The average molecular weight is 489 g/mol. The molecule has 3 aromatic rings. The third-order valence-electron chi connectivity index (χ3n) is 5.79. The Morgan fingerprint density at radius 2 is 1.74 bits per heavy atom. The van der Waals surface area contributed by atoms with E-state index in [0.717, 1.165) is 31.9 Å². The van der Waals surface area contributed by atoms with Crippen molar-refractivity contribution in [2.24, 2.45) is 0 Å². The van der Waals surface area contributed by atoms with Crippen LogP contribution in [0, 0.1) is 0 Å². The molecule has 9 heteroatoms. The van der Waals surface area contributed by atoms with Crippen molar-refractivity contribution in [3.63, 3.8) is 0 Å². The van der Waals surface area contributed by atoms with Gasteiger partial charge in [-0.15, -0.1) is 0 Å². The largest absolute Gasteiger partial charge is 0.446 e. The molecule has 0 atom stereocenters. The van der Waals surface area contributed by atoms with Crippen molar-refractivity contribution in [2.45, 2.75) is 36.3 Å². The molecule has 0 N–H and O–H groups in total.